The van der Waals surface area contributed by atoms with E-state index in [9.17, 15) is 8.42 Å². The van der Waals surface area contributed by atoms with Crippen LogP contribution in [0.5, 0.6) is 11.5 Å². The minimum absolute atomic E-state index is 0.213. The molecule has 0 N–H and O–H groups in total. The Morgan fingerprint density at radius 3 is 2.15 bits per heavy atom. The number of methoxy groups -OCH3 is 2. The van der Waals surface area contributed by atoms with Crippen molar-refractivity contribution in [2.24, 2.45) is 0 Å². The first-order chi connectivity index (χ1) is 9.55. The van der Waals surface area contributed by atoms with E-state index in [2.05, 4.69) is 0 Å². The minimum Gasteiger partial charge on any atom is -0.497 e. The normalized spacial score (nSPS) is 11.1. The molecule has 0 aliphatic rings. The molecule has 0 unspecified atom stereocenters. The summed E-state index contributed by atoms with van der Waals surface area (Å²) in [7, 11) is 0.338. The van der Waals surface area contributed by atoms with Crippen molar-refractivity contribution in [2.45, 2.75) is 9.79 Å². The van der Waals surface area contributed by atoms with Crippen LogP contribution in [0.1, 0.15) is 0 Å². The molecule has 2 aromatic rings. The van der Waals surface area contributed by atoms with Crippen LogP contribution in [-0.2, 0) is 8.87 Å². The highest BCUT2D eigenvalue weighted by atomic mass is 33.1. The molecule has 2 rings (SSSR count). The molecule has 0 aliphatic carbocycles. The van der Waals surface area contributed by atoms with Gasteiger partial charge in [-0.1, -0.05) is 12.1 Å². The van der Waals surface area contributed by atoms with Crippen molar-refractivity contribution in [1.82, 2.24) is 0 Å². The van der Waals surface area contributed by atoms with Crippen LogP contribution in [0, 0.1) is 0 Å². The largest absolute Gasteiger partial charge is 0.497 e. The molecule has 2 aromatic carbocycles. The molecule has 0 saturated heterocycles. The Morgan fingerprint density at radius 2 is 1.50 bits per heavy atom. The van der Waals surface area contributed by atoms with Gasteiger partial charge in [0, 0.05) is 15.7 Å². The van der Waals surface area contributed by atoms with Crippen LogP contribution in [0.15, 0.2) is 58.3 Å². The van der Waals surface area contributed by atoms with Crippen molar-refractivity contribution in [3.05, 3.63) is 48.5 Å². The molecular weight excluding hydrogens is 296 g/mol. The molecule has 0 saturated carbocycles. The lowest BCUT2D eigenvalue weighted by Gasteiger charge is -2.07. The van der Waals surface area contributed by atoms with Crippen LogP contribution in [-0.4, -0.2) is 22.6 Å². The molecular formula is C14H14O4S2. The summed E-state index contributed by atoms with van der Waals surface area (Å²) in [6.45, 7) is 0. The van der Waals surface area contributed by atoms with Crippen LogP contribution < -0.4 is 9.47 Å². The van der Waals surface area contributed by atoms with E-state index in [0.717, 1.165) is 10.8 Å². The lowest BCUT2D eigenvalue weighted by molar-refractivity contribution is 0.413. The molecule has 0 heterocycles. The maximum Gasteiger partial charge on any atom is 0.234 e. The molecule has 106 valence electrons. The summed E-state index contributed by atoms with van der Waals surface area (Å²) in [6.07, 6.45) is 0. The smallest absolute Gasteiger partial charge is 0.234 e. The fraction of sp³-hybridized carbons (Fsp3) is 0.143. The van der Waals surface area contributed by atoms with Crippen LogP contribution in [0.4, 0.5) is 0 Å². The molecule has 0 aromatic heterocycles. The van der Waals surface area contributed by atoms with Crippen molar-refractivity contribution in [1.29, 1.82) is 0 Å². The fourth-order valence-electron chi connectivity index (χ4n) is 1.58. The average Bonchev–Trinajstić information content (AvgIpc) is 2.47. The summed E-state index contributed by atoms with van der Waals surface area (Å²) in [6, 6.07) is 13.3. The van der Waals surface area contributed by atoms with Gasteiger partial charge < -0.3 is 9.47 Å². The summed E-state index contributed by atoms with van der Waals surface area (Å²) in [4.78, 5) is 0.817. The second-order valence-electron chi connectivity index (χ2n) is 3.90. The Bertz CT molecular complexity index is 696. The third kappa shape index (κ3) is 3.46. The third-order valence-electron chi connectivity index (χ3n) is 2.58. The van der Waals surface area contributed by atoms with E-state index in [1.165, 1.54) is 13.2 Å². The number of ether oxygens (including phenoxy) is 2. The van der Waals surface area contributed by atoms with Gasteiger partial charge in [0.25, 0.3) is 0 Å². The second kappa shape index (κ2) is 6.19. The molecule has 0 aliphatic heterocycles. The number of hydrogen-bond acceptors (Lipinski definition) is 5. The summed E-state index contributed by atoms with van der Waals surface area (Å²) in [5.41, 5.74) is 0. The van der Waals surface area contributed by atoms with Gasteiger partial charge in [0.1, 0.15) is 11.5 Å². The van der Waals surface area contributed by atoms with Gasteiger partial charge in [0.15, 0.2) is 0 Å². The van der Waals surface area contributed by atoms with E-state index in [1.807, 2.05) is 0 Å². The monoisotopic (exact) mass is 310 g/mol. The topological polar surface area (TPSA) is 52.6 Å². The molecule has 4 nitrogen and oxygen atoms in total. The molecule has 0 atom stereocenters. The first-order valence-corrected chi connectivity index (χ1v) is 8.59. The molecule has 0 spiro atoms. The zero-order valence-corrected chi connectivity index (χ0v) is 12.7. The standard InChI is InChI=1S/C14H14O4S2/c1-17-11-5-3-7-13(9-11)19-20(15,16)14-8-4-6-12(10-14)18-2/h3-10H,1-2H3. The summed E-state index contributed by atoms with van der Waals surface area (Å²) < 4.78 is 34.8. The minimum atomic E-state index is -3.49. The molecule has 0 amide bonds. The zero-order chi connectivity index (χ0) is 14.6. The van der Waals surface area contributed by atoms with Crippen molar-refractivity contribution < 1.29 is 17.9 Å². The molecule has 20 heavy (non-hydrogen) atoms. The third-order valence-corrected chi connectivity index (χ3v) is 5.89. The molecule has 6 heteroatoms. The van der Waals surface area contributed by atoms with Crippen LogP contribution in [0.25, 0.3) is 0 Å². The lowest BCUT2D eigenvalue weighted by Crippen LogP contribution is -1.96. The van der Waals surface area contributed by atoms with Crippen LogP contribution >= 0.6 is 10.8 Å². The predicted molar refractivity (Wildman–Crippen MR) is 79.0 cm³/mol. The number of hydrogen-bond donors (Lipinski definition) is 0. The Balaban J connectivity index is 2.30. The number of benzene rings is 2. The van der Waals surface area contributed by atoms with Crippen molar-refractivity contribution >= 4 is 19.7 Å². The van der Waals surface area contributed by atoms with Gasteiger partial charge in [0.05, 0.1) is 19.1 Å². The van der Waals surface area contributed by atoms with E-state index in [0.29, 0.717) is 16.4 Å². The lowest BCUT2D eigenvalue weighted by atomic mass is 10.3. The van der Waals surface area contributed by atoms with Gasteiger partial charge in [-0.2, -0.15) is 0 Å². The van der Waals surface area contributed by atoms with Crippen molar-refractivity contribution in [2.75, 3.05) is 14.2 Å². The van der Waals surface area contributed by atoms with Crippen LogP contribution in [0.2, 0.25) is 0 Å². The molecule has 0 fully saturated rings. The maximum atomic E-state index is 12.3. The van der Waals surface area contributed by atoms with Crippen molar-refractivity contribution in [3.8, 4) is 11.5 Å². The Labute approximate surface area is 122 Å². The van der Waals surface area contributed by atoms with E-state index in [4.69, 9.17) is 9.47 Å². The summed E-state index contributed by atoms with van der Waals surface area (Å²) >= 11 is 0. The Hall–Kier alpha value is -1.66. The Morgan fingerprint density at radius 1 is 0.900 bits per heavy atom. The second-order valence-corrected chi connectivity index (χ2v) is 7.73. The quantitative estimate of drug-likeness (QED) is 0.794. The fourth-order valence-corrected chi connectivity index (χ4v) is 4.41. The summed E-state index contributed by atoms with van der Waals surface area (Å²) in [5, 5.41) is 0. The van der Waals surface area contributed by atoms with Gasteiger partial charge in [-0.3, -0.25) is 0 Å². The number of rotatable bonds is 5. The molecule has 0 bridgehead atoms. The van der Waals surface area contributed by atoms with E-state index >= 15 is 0 Å². The maximum absolute atomic E-state index is 12.3. The van der Waals surface area contributed by atoms with E-state index < -0.39 is 8.87 Å². The van der Waals surface area contributed by atoms with Gasteiger partial charge in [0.2, 0.25) is 8.87 Å². The molecule has 0 radical (unpaired) electrons. The average molecular weight is 310 g/mol. The predicted octanol–water partition coefficient (Wildman–Crippen LogP) is 3.18. The highest BCUT2D eigenvalue weighted by Gasteiger charge is 2.17. The Kier molecular flexibility index (Phi) is 4.57. The SMILES string of the molecule is COc1cccc(SS(=O)(=O)c2cccc(OC)c2)c1. The van der Waals surface area contributed by atoms with Crippen LogP contribution in [0.3, 0.4) is 0 Å². The first kappa shape index (κ1) is 14.7. The highest BCUT2D eigenvalue weighted by molar-refractivity contribution is 8.72. The van der Waals surface area contributed by atoms with Gasteiger partial charge in [-0.25, -0.2) is 8.42 Å². The highest BCUT2D eigenvalue weighted by Crippen LogP contribution is 2.33. The van der Waals surface area contributed by atoms with Gasteiger partial charge in [-0.05, 0) is 36.4 Å². The van der Waals surface area contributed by atoms with Gasteiger partial charge >= 0.3 is 0 Å². The first-order valence-electron chi connectivity index (χ1n) is 5.78. The van der Waals surface area contributed by atoms with E-state index in [1.54, 1.807) is 49.6 Å². The van der Waals surface area contributed by atoms with E-state index in [-0.39, 0.29) is 4.90 Å². The zero-order valence-electron chi connectivity index (χ0n) is 11.1. The van der Waals surface area contributed by atoms with Gasteiger partial charge in [-0.15, -0.1) is 0 Å². The summed E-state index contributed by atoms with van der Waals surface area (Å²) in [5.74, 6) is 1.13. The van der Waals surface area contributed by atoms with Crippen molar-refractivity contribution in [3.63, 3.8) is 0 Å².